The van der Waals surface area contributed by atoms with E-state index in [1.165, 1.54) is 0 Å². The van der Waals surface area contributed by atoms with Crippen LogP contribution in [0.4, 0.5) is 5.69 Å². The molecule has 1 aliphatic heterocycles. The summed E-state index contributed by atoms with van der Waals surface area (Å²) >= 11 is 12.0. The average Bonchev–Trinajstić information content (AvgIpc) is 3.49. The molecule has 6 nitrogen and oxygen atoms in total. The standard InChI is InChI=1S/C29H27ClN4O2S/c1-18-6-5-7-21(16-18)32-26(35)13-15-34-28(27(33-29(34)37)23-8-3-4-14-31-23)25-12-11-24(36-25)22-17-20(30)10-9-19(22)2/h3-12,14,16-17,27-28H,13,15H2,1-2H3,(H,32,35)(H,33,37)/t27-,28-/m1/s1. The lowest BCUT2D eigenvalue weighted by atomic mass is 10.0. The zero-order chi connectivity index (χ0) is 25.9. The van der Waals surface area contributed by atoms with E-state index in [0.29, 0.717) is 16.7 Å². The molecule has 0 unspecified atom stereocenters. The fourth-order valence-corrected chi connectivity index (χ4v) is 5.14. The van der Waals surface area contributed by atoms with Crippen LogP contribution in [-0.2, 0) is 4.79 Å². The molecule has 5 rings (SSSR count). The highest BCUT2D eigenvalue weighted by Crippen LogP contribution is 2.41. The molecule has 0 bridgehead atoms. The quantitative estimate of drug-likeness (QED) is 0.262. The van der Waals surface area contributed by atoms with Crippen LogP contribution in [0.3, 0.4) is 0 Å². The highest BCUT2D eigenvalue weighted by molar-refractivity contribution is 7.80. The Morgan fingerprint density at radius 1 is 1.11 bits per heavy atom. The number of halogens is 1. The van der Waals surface area contributed by atoms with Gasteiger partial charge in [-0.3, -0.25) is 9.78 Å². The molecule has 2 aromatic carbocycles. The van der Waals surface area contributed by atoms with E-state index >= 15 is 0 Å². The van der Waals surface area contributed by atoms with Crippen LogP contribution in [0.5, 0.6) is 0 Å². The molecule has 2 N–H and O–H groups in total. The van der Waals surface area contributed by atoms with Crippen molar-refractivity contribution < 1.29 is 9.21 Å². The fraction of sp³-hybridized carbons (Fsp3) is 0.207. The molecular weight excluding hydrogens is 504 g/mol. The van der Waals surface area contributed by atoms with E-state index in [1.54, 1.807) is 6.20 Å². The van der Waals surface area contributed by atoms with E-state index in [4.69, 9.17) is 28.2 Å². The summed E-state index contributed by atoms with van der Waals surface area (Å²) in [6.07, 6.45) is 2.03. The number of furan rings is 1. The Bertz CT molecular complexity index is 1440. The van der Waals surface area contributed by atoms with Gasteiger partial charge in [0.15, 0.2) is 5.11 Å². The van der Waals surface area contributed by atoms with Gasteiger partial charge in [-0.05, 0) is 85.7 Å². The first-order valence-corrected chi connectivity index (χ1v) is 12.9. The summed E-state index contributed by atoms with van der Waals surface area (Å²) in [4.78, 5) is 19.4. The second kappa shape index (κ2) is 10.7. The van der Waals surface area contributed by atoms with Gasteiger partial charge in [-0.25, -0.2) is 0 Å². The normalized spacial score (nSPS) is 17.1. The molecule has 8 heteroatoms. The van der Waals surface area contributed by atoms with Crippen LogP contribution in [0, 0.1) is 13.8 Å². The van der Waals surface area contributed by atoms with Crippen molar-refractivity contribution in [1.82, 2.24) is 15.2 Å². The Balaban J connectivity index is 1.41. The maximum Gasteiger partial charge on any atom is 0.226 e. The van der Waals surface area contributed by atoms with Crippen molar-refractivity contribution in [3.63, 3.8) is 0 Å². The fourth-order valence-electron chi connectivity index (χ4n) is 4.64. The molecule has 1 saturated heterocycles. The van der Waals surface area contributed by atoms with E-state index in [0.717, 1.165) is 39.6 Å². The molecule has 4 aromatic rings. The SMILES string of the molecule is Cc1cccc(NC(=O)CCN2C(=S)N[C@H](c3ccccn3)[C@H]2c2ccc(-c3cc(Cl)ccc3C)o2)c1. The number of aromatic nitrogens is 1. The number of hydrogen-bond donors (Lipinski definition) is 2. The van der Waals surface area contributed by atoms with Crippen LogP contribution in [-0.4, -0.2) is 27.4 Å². The molecule has 1 aliphatic rings. The summed E-state index contributed by atoms with van der Waals surface area (Å²) in [6.45, 7) is 4.44. The first kappa shape index (κ1) is 25.0. The summed E-state index contributed by atoms with van der Waals surface area (Å²) in [5, 5.41) is 7.58. The molecule has 0 spiro atoms. The molecule has 0 aliphatic carbocycles. The van der Waals surface area contributed by atoms with Crippen LogP contribution in [0.2, 0.25) is 5.02 Å². The maximum atomic E-state index is 12.8. The van der Waals surface area contributed by atoms with Gasteiger partial charge in [0.1, 0.15) is 17.6 Å². The minimum atomic E-state index is -0.276. The van der Waals surface area contributed by atoms with Crippen LogP contribution in [0.15, 0.2) is 83.4 Å². The molecule has 2 atom stereocenters. The average molecular weight is 531 g/mol. The third-order valence-corrected chi connectivity index (χ3v) is 7.05. The number of carbonyl (C=O) groups is 1. The van der Waals surface area contributed by atoms with Gasteiger partial charge in [0.25, 0.3) is 0 Å². The Kier molecular flexibility index (Phi) is 7.26. The van der Waals surface area contributed by atoms with Crippen molar-refractivity contribution >= 4 is 40.5 Å². The van der Waals surface area contributed by atoms with E-state index < -0.39 is 0 Å². The van der Waals surface area contributed by atoms with Gasteiger partial charge in [0, 0.05) is 35.4 Å². The van der Waals surface area contributed by atoms with Crippen molar-refractivity contribution in [3.8, 4) is 11.3 Å². The van der Waals surface area contributed by atoms with E-state index in [1.807, 2.05) is 91.5 Å². The number of nitrogens with one attached hydrogen (secondary N) is 2. The largest absolute Gasteiger partial charge is 0.459 e. The summed E-state index contributed by atoms with van der Waals surface area (Å²) in [6, 6.07) is 22.7. The van der Waals surface area contributed by atoms with Crippen LogP contribution < -0.4 is 10.6 Å². The molecule has 3 heterocycles. The minimum absolute atomic E-state index is 0.0804. The third-order valence-electron chi connectivity index (χ3n) is 6.46. The number of hydrogen-bond acceptors (Lipinski definition) is 4. The smallest absolute Gasteiger partial charge is 0.226 e. The Morgan fingerprint density at radius 2 is 1.97 bits per heavy atom. The van der Waals surface area contributed by atoms with Crippen molar-refractivity contribution in [1.29, 1.82) is 0 Å². The Morgan fingerprint density at radius 3 is 2.76 bits per heavy atom. The molecule has 1 amide bonds. The molecule has 0 saturated carbocycles. The lowest BCUT2D eigenvalue weighted by Gasteiger charge is -2.26. The second-order valence-electron chi connectivity index (χ2n) is 9.15. The Hall–Kier alpha value is -3.68. The van der Waals surface area contributed by atoms with Crippen molar-refractivity contribution in [3.05, 3.63) is 107 Å². The molecular formula is C29H27ClN4O2S. The number of nitrogens with zero attached hydrogens (tertiary/aromatic N) is 2. The minimum Gasteiger partial charge on any atom is -0.459 e. The number of thiocarbonyl (C=S) groups is 1. The predicted molar refractivity (Wildman–Crippen MR) is 150 cm³/mol. The zero-order valence-electron chi connectivity index (χ0n) is 20.6. The lowest BCUT2D eigenvalue weighted by Crippen LogP contribution is -2.32. The number of benzene rings is 2. The molecule has 1 fully saturated rings. The van der Waals surface area contributed by atoms with E-state index in [2.05, 4.69) is 15.6 Å². The molecule has 0 radical (unpaired) electrons. The van der Waals surface area contributed by atoms with Gasteiger partial charge in [-0.1, -0.05) is 35.9 Å². The highest BCUT2D eigenvalue weighted by atomic mass is 35.5. The summed E-state index contributed by atoms with van der Waals surface area (Å²) in [7, 11) is 0. The summed E-state index contributed by atoms with van der Waals surface area (Å²) in [5.74, 6) is 1.38. The first-order chi connectivity index (χ1) is 17.9. The molecule has 188 valence electrons. The van der Waals surface area contributed by atoms with Gasteiger partial charge in [-0.15, -0.1) is 0 Å². The second-order valence-corrected chi connectivity index (χ2v) is 9.97. The Labute approximate surface area is 226 Å². The number of pyridine rings is 1. The van der Waals surface area contributed by atoms with Gasteiger partial charge in [0.2, 0.25) is 5.91 Å². The number of amides is 1. The predicted octanol–water partition coefficient (Wildman–Crippen LogP) is 6.61. The van der Waals surface area contributed by atoms with Gasteiger partial charge in [0.05, 0.1) is 11.7 Å². The van der Waals surface area contributed by atoms with Gasteiger partial charge < -0.3 is 20.0 Å². The highest BCUT2D eigenvalue weighted by Gasteiger charge is 2.41. The van der Waals surface area contributed by atoms with Crippen molar-refractivity contribution in [2.24, 2.45) is 0 Å². The van der Waals surface area contributed by atoms with E-state index in [9.17, 15) is 4.79 Å². The maximum absolute atomic E-state index is 12.8. The zero-order valence-corrected chi connectivity index (χ0v) is 22.1. The topological polar surface area (TPSA) is 70.4 Å². The number of carbonyl (C=O) groups excluding carboxylic acids is 1. The van der Waals surface area contributed by atoms with Crippen LogP contribution in [0.1, 0.15) is 41.1 Å². The van der Waals surface area contributed by atoms with Crippen LogP contribution in [0.25, 0.3) is 11.3 Å². The number of aryl methyl sites for hydroxylation is 2. The number of rotatable bonds is 7. The first-order valence-electron chi connectivity index (χ1n) is 12.1. The van der Waals surface area contributed by atoms with Gasteiger partial charge in [-0.2, -0.15) is 0 Å². The number of anilines is 1. The van der Waals surface area contributed by atoms with Crippen molar-refractivity contribution in [2.45, 2.75) is 32.4 Å². The third kappa shape index (κ3) is 5.53. The molecule has 2 aromatic heterocycles. The van der Waals surface area contributed by atoms with Crippen LogP contribution >= 0.6 is 23.8 Å². The summed E-state index contributed by atoms with van der Waals surface area (Å²) < 4.78 is 6.41. The monoisotopic (exact) mass is 530 g/mol. The summed E-state index contributed by atoms with van der Waals surface area (Å²) in [5.41, 5.74) is 4.72. The van der Waals surface area contributed by atoms with Gasteiger partial charge >= 0.3 is 0 Å². The lowest BCUT2D eigenvalue weighted by molar-refractivity contribution is -0.116. The molecule has 37 heavy (non-hydrogen) atoms. The van der Waals surface area contributed by atoms with Crippen molar-refractivity contribution in [2.75, 3.05) is 11.9 Å². The van der Waals surface area contributed by atoms with E-state index in [-0.39, 0.29) is 24.4 Å².